The standard InChI is InChI=1S/C17H19NO4S2/c1-23(19,20)15-9-5-10-16(13-15)24(21,22)18-12-6-11-17(18)14-7-3-2-4-8-14/h2-5,7-10,13,17H,6,11-12H2,1H3. The number of sulfone groups is 1. The van der Waals surface area contributed by atoms with Crippen LogP contribution in [0.25, 0.3) is 0 Å². The van der Waals surface area contributed by atoms with Crippen molar-refractivity contribution in [1.82, 2.24) is 4.31 Å². The van der Waals surface area contributed by atoms with Gasteiger partial charge in [0.25, 0.3) is 0 Å². The van der Waals surface area contributed by atoms with Crippen LogP contribution >= 0.6 is 0 Å². The zero-order chi connectivity index (χ0) is 17.4. The van der Waals surface area contributed by atoms with Gasteiger partial charge in [-0.05, 0) is 36.6 Å². The van der Waals surface area contributed by atoms with E-state index in [-0.39, 0.29) is 15.8 Å². The molecule has 3 rings (SSSR count). The van der Waals surface area contributed by atoms with Crippen molar-refractivity contribution in [1.29, 1.82) is 0 Å². The van der Waals surface area contributed by atoms with Gasteiger partial charge in [0.2, 0.25) is 10.0 Å². The molecule has 0 spiro atoms. The predicted molar refractivity (Wildman–Crippen MR) is 91.9 cm³/mol. The Balaban J connectivity index is 2.01. The van der Waals surface area contributed by atoms with Crippen LogP contribution < -0.4 is 0 Å². The maximum absolute atomic E-state index is 13.0. The number of hydrogen-bond donors (Lipinski definition) is 0. The molecule has 0 saturated carbocycles. The molecule has 1 unspecified atom stereocenters. The Kier molecular flexibility index (Phi) is 4.50. The van der Waals surface area contributed by atoms with E-state index < -0.39 is 19.9 Å². The quantitative estimate of drug-likeness (QED) is 0.835. The SMILES string of the molecule is CS(=O)(=O)c1cccc(S(=O)(=O)N2CCCC2c2ccccc2)c1. The van der Waals surface area contributed by atoms with Gasteiger partial charge in [0.15, 0.2) is 9.84 Å². The van der Waals surface area contributed by atoms with Crippen molar-refractivity contribution < 1.29 is 16.8 Å². The number of hydrogen-bond acceptors (Lipinski definition) is 4. The molecule has 2 aromatic carbocycles. The summed E-state index contributed by atoms with van der Waals surface area (Å²) in [5, 5.41) is 0. The van der Waals surface area contributed by atoms with Gasteiger partial charge in [0.1, 0.15) is 0 Å². The van der Waals surface area contributed by atoms with E-state index in [0.717, 1.165) is 24.7 Å². The Morgan fingerprint density at radius 1 is 0.917 bits per heavy atom. The van der Waals surface area contributed by atoms with Crippen molar-refractivity contribution in [2.75, 3.05) is 12.8 Å². The zero-order valence-corrected chi connectivity index (χ0v) is 14.9. The summed E-state index contributed by atoms with van der Waals surface area (Å²) in [6.45, 7) is 0.436. The molecule has 1 aliphatic heterocycles. The van der Waals surface area contributed by atoms with E-state index in [0.29, 0.717) is 6.54 Å². The fourth-order valence-electron chi connectivity index (χ4n) is 3.04. The van der Waals surface area contributed by atoms with Crippen LogP contribution in [0.5, 0.6) is 0 Å². The highest BCUT2D eigenvalue weighted by atomic mass is 32.2. The van der Waals surface area contributed by atoms with Gasteiger partial charge in [-0.15, -0.1) is 0 Å². The second kappa shape index (κ2) is 6.31. The second-order valence-electron chi connectivity index (χ2n) is 5.93. The smallest absolute Gasteiger partial charge is 0.224 e. The molecule has 1 saturated heterocycles. The molecule has 1 fully saturated rings. The average molecular weight is 365 g/mol. The maximum atomic E-state index is 13.0. The van der Waals surface area contributed by atoms with Crippen molar-refractivity contribution in [2.45, 2.75) is 28.7 Å². The highest BCUT2D eigenvalue weighted by molar-refractivity contribution is 7.91. The third-order valence-electron chi connectivity index (χ3n) is 4.23. The van der Waals surface area contributed by atoms with Crippen LogP contribution in [0, 0.1) is 0 Å². The van der Waals surface area contributed by atoms with Gasteiger partial charge in [0, 0.05) is 12.8 Å². The van der Waals surface area contributed by atoms with Crippen LogP contribution in [0.15, 0.2) is 64.4 Å². The van der Waals surface area contributed by atoms with E-state index in [9.17, 15) is 16.8 Å². The molecule has 0 N–H and O–H groups in total. The van der Waals surface area contributed by atoms with Crippen molar-refractivity contribution in [3.63, 3.8) is 0 Å². The molecule has 2 aromatic rings. The van der Waals surface area contributed by atoms with Crippen molar-refractivity contribution in [3.05, 3.63) is 60.2 Å². The van der Waals surface area contributed by atoms with E-state index in [2.05, 4.69) is 0 Å². The van der Waals surface area contributed by atoms with Crippen molar-refractivity contribution in [2.24, 2.45) is 0 Å². The van der Waals surface area contributed by atoms with Gasteiger partial charge < -0.3 is 0 Å². The molecule has 1 atom stereocenters. The molecular formula is C17H19NO4S2. The summed E-state index contributed by atoms with van der Waals surface area (Å²) in [7, 11) is -7.21. The summed E-state index contributed by atoms with van der Waals surface area (Å²) >= 11 is 0. The molecular weight excluding hydrogens is 346 g/mol. The summed E-state index contributed by atoms with van der Waals surface area (Å²) in [5.74, 6) is 0. The molecule has 0 bridgehead atoms. The molecule has 128 valence electrons. The van der Waals surface area contributed by atoms with Crippen LogP contribution in [0.1, 0.15) is 24.4 Å². The summed E-state index contributed by atoms with van der Waals surface area (Å²) in [6, 6.07) is 14.9. The van der Waals surface area contributed by atoms with Gasteiger partial charge in [0.05, 0.1) is 15.8 Å². The fraction of sp³-hybridized carbons (Fsp3) is 0.294. The molecule has 7 heteroatoms. The minimum Gasteiger partial charge on any atom is -0.224 e. The van der Waals surface area contributed by atoms with Crippen LogP contribution in [0.3, 0.4) is 0 Å². The predicted octanol–water partition coefficient (Wildman–Crippen LogP) is 2.62. The van der Waals surface area contributed by atoms with Crippen LogP contribution in [-0.4, -0.2) is 33.9 Å². The third kappa shape index (κ3) is 3.24. The molecule has 0 aliphatic carbocycles. The summed E-state index contributed by atoms with van der Waals surface area (Å²) in [5.41, 5.74) is 0.956. The highest BCUT2D eigenvalue weighted by Crippen LogP contribution is 2.36. The van der Waals surface area contributed by atoms with E-state index in [1.807, 2.05) is 30.3 Å². The molecule has 0 amide bonds. The van der Waals surface area contributed by atoms with Gasteiger partial charge in [-0.2, -0.15) is 4.31 Å². The van der Waals surface area contributed by atoms with Gasteiger partial charge in [-0.3, -0.25) is 0 Å². The number of benzene rings is 2. The van der Waals surface area contributed by atoms with Crippen LogP contribution in [0.2, 0.25) is 0 Å². The highest BCUT2D eigenvalue weighted by Gasteiger charge is 2.36. The monoisotopic (exact) mass is 365 g/mol. The number of sulfonamides is 1. The van der Waals surface area contributed by atoms with E-state index in [1.165, 1.54) is 28.6 Å². The second-order valence-corrected chi connectivity index (χ2v) is 9.84. The first-order chi connectivity index (χ1) is 11.3. The number of nitrogens with zero attached hydrogens (tertiary/aromatic N) is 1. The summed E-state index contributed by atoms with van der Waals surface area (Å²) in [4.78, 5) is 0.0345. The molecule has 24 heavy (non-hydrogen) atoms. The normalized spacial score (nSPS) is 19.5. The summed E-state index contributed by atoms with van der Waals surface area (Å²) < 4.78 is 51.0. The van der Waals surface area contributed by atoms with Gasteiger partial charge in [-0.1, -0.05) is 36.4 Å². The maximum Gasteiger partial charge on any atom is 0.243 e. The lowest BCUT2D eigenvalue weighted by molar-refractivity contribution is 0.396. The third-order valence-corrected chi connectivity index (χ3v) is 7.24. The van der Waals surface area contributed by atoms with Crippen molar-refractivity contribution in [3.8, 4) is 0 Å². The van der Waals surface area contributed by atoms with E-state index >= 15 is 0 Å². The number of rotatable bonds is 4. The van der Waals surface area contributed by atoms with Gasteiger partial charge >= 0.3 is 0 Å². The van der Waals surface area contributed by atoms with E-state index in [4.69, 9.17) is 0 Å². The average Bonchev–Trinajstić information content (AvgIpc) is 3.05. The lowest BCUT2D eigenvalue weighted by Crippen LogP contribution is -2.30. The minimum absolute atomic E-state index is 0.0130. The topological polar surface area (TPSA) is 71.5 Å². The first kappa shape index (κ1) is 17.1. The Bertz CT molecular complexity index is 938. The molecule has 0 radical (unpaired) electrons. The Morgan fingerprint density at radius 2 is 1.58 bits per heavy atom. The lowest BCUT2D eigenvalue weighted by atomic mass is 10.1. The fourth-order valence-corrected chi connectivity index (χ4v) is 5.51. The van der Waals surface area contributed by atoms with Crippen LogP contribution in [-0.2, 0) is 19.9 Å². The Labute approximate surface area is 142 Å². The van der Waals surface area contributed by atoms with Crippen molar-refractivity contribution >= 4 is 19.9 Å². The van der Waals surface area contributed by atoms with Crippen LogP contribution in [0.4, 0.5) is 0 Å². The first-order valence-electron chi connectivity index (χ1n) is 7.67. The molecule has 1 aliphatic rings. The van der Waals surface area contributed by atoms with Gasteiger partial charge in [-0.25, -0.2) is 16.8 Å². The first-order valence-corrected chi connectivity index (χ1v) is 11.0. The lowest BCUT2D eigenvalue weighted by Gasteiger charge is -2.24. The Morgan fingerprint density at radius 3 is 2.25 bits per heavy atom. The Hall–Kier alpha value is -1.70. The summed E-state index contributed by atoms with van der Waals surface area (Å²) in [6.07, 6.45) is 2.61. The molecule has 1 heterocycles. The molecule has 0 aromatic heterocycles. The zero-order valence-electron chi connectivity index (χ0n) is 13.3. The largest absolute Gasteiger partial charge is 0.243 e. The molecule has 5 nitrogen and oxygen atoms in total. The minimum atomic E-state index is -3.75. The van der Waals surface area contributed by atoms with E-state index in [1.54, 1.807) is 0 Å².